The number of carbonyl (C=O) groups excluding carboxylic acids is 1. The number of ketones is 1. The first kappa shape index (κ1) is 20.1. The van der Waals surface area contributed by atoms with Crippen LogP contribution in [0.2, 0.25) is 0 Å². The van der Waals surface area contributed by atoms with Gasteiger partial charge in [-0.1, -0.05) is 35.9 Å². The third-order valence-corrected chi connectivity index (χ3v) is 5.64. The zero-order valence-electron chi connectivity index (χ0n) is 17.0. The first-order valence-electron chi connectivity index (χ1n) is 9.32. The number of ether oxygens (including phenoxy) is 1. The molecule has 28 heavy (non-hydrogen) atoms. The van der Waals surface area contributed by atoms with Crippen LogP contribution in [0.4, 0.5) is 0 Å². The van der Waals surface area contributed by atoms with Gasteiger partial charge in [0.2, 0.25) is 0 Å². The molecule has 0 bridgehead atoms. The molecule has 0 spiro atoms. The van der Waals surface area contributed by atoms with Crippen molar-refractivity contribution in [2.75, 3.05) is 7.05 Å². The van der Waals surface area contributed by atoms with Gasteiger partial charge in [0.05, 0.1) is 6.04 Å². The molecule has 1 heterocycles. The van der Waals surface area contributed by atoms with E-state index in [0.717, 1.165) is 22.6 Å². The first-order valence-corrected chi connectivity index (χ1v) is 9.73. The monoisotopic (exact) mass is 394 g/mol. The zero-order valence-corrected chi connectivity index (χ0v) is 17.8. The van der Waals surface area contributed by atoms with E-state index < -0.39 is 0 Å². The Bertz CT molecular complexity index is 948. The van der Waals surface area contributed by atoms with Crippen LogP contribution in [0.15, 0.2) is 53.7 Å². The van der Waals surface area contributed by atoms with Gasteiger partial charge in [-0.15, -0.1) is 0 Å². The number of aryl methyl sites for hydroxylation is 2. The fourth-order valence-electron chi connectivity index (χ4n) is 3.42. The fraction of sp³-hybridized carbons (Fsp3) is 0.304. The van der Waals surface area contributed by atoms with Crippen molar-refractivity contribution in [3.05, 3.63) is 76.0 Å². The number of rotatable bonds is 5. The van der Waals surface area contributed by atoms with Crippen LogP contribution >= 0.6 is 12.2 Å². The highest BCUT2D eigenvalue weighted by molar-refractivity contribution is 7.80. The van der Waals surface area contributed by atoms with Gasteiger partial charge < -0.3 is 15.0 Å². The Kier molecular flexibility index (Phi) is 5.84. The van der Waals surface area contributed by atoms with Crippen molar-refractivity contribution < 1.29 is 9.53 Å². The van der Waals surface area contributed by atoms with E-state index >= 15 is 0 Å². The molecule has 1 atom stereocenters. The summed E-state index contributed by atoms with van der Waals surface area (Å²) in [5, 5.41) is 3.89. The Labute approximate surface area is 172 Å². The summed E-state index contributed by atoms with van der Waals surface area (Å²) in [5.41, 5.74) is 6.24. The van der Waals surface area contributed by atoms with E-state index in [2.05, 4.69) is 37.4 Å². The van der Waals surface area contributed by atoms with Gasteiger partial charge >= 0.3 is 0 Å². The Morgan fingerprint density at radius 1 is 1.14 bits per heavy atom. The smallest absolute Gasteiger partial charge is 0.173 e. The van der Waals surface area contributed by atoms with Crippen LogP contribution in [-0.2, 0) is 11.4 Å². The Balaban J connectivity index is 1.79. The van der Waals surface area contributed by atoms with Crippen molar-refractivity contribution in [2.24, 2.45) is 0 Å². The molecule has 0 saturated carbocycles. The maximum Gasteiger partial charge on any atom is 0.173 e. The number of Topliss-reactive ketones (excluding diaryl/α,β-unsaturated/α-hetero) is 1. The van der Waals surface area contributed by atoms with Gasteiger partial charge in [-0.2, -0.15) is 0 Å². The zero-order chi connectivity index (χ0) is 20.4. The third-order valence-electron chi connectivity index (χ3n) is 5.25. The summed E-state index contributed by atoms with van der Waals surface area (Å²) >= 11 is 5.41. The van der Waals surface area contributed by atoms with Gasteiger partial charge in [-0.3, -0.25) is 4.79 Å². The largest absolute Gasteiger partial charge is 0.489 e. The van der Waals surface area contributed by atoms with Crippen LogP contribution in [0, 0.1) is 13.8 Å². The van der Waals surface area contributed by atoms with Crippen molar-refractivity contribution in [1.82, 2.24) is 10.2 Å². The lowest BCUT2D eigenvalue weighted by atomic mass is 9.92. The number of hydrogen-bond acceptors (Lipinski definition) is 3. The second kappa shape index (κ2) is 8.15. The highest BCUT2D eigenvalue weighted by Gasteiger charge is 2.30. The lowest BCUT2D eigenvalue weighted by Crippen LogP contribution is -2.45. The van der Waals surface area contributed by atoms with Gasteiger partial charge in [0.1, 0.15) is 12.4 Å². The van der Waals surface area contributed by atoms with E-state index in [1.54, 1.807) is 6.92 Å². The van der Waals surface area contributed by atoms with Gasteiger partial charge in [0, 0.05) is 18.3 Å². The lowest BCUT2D eigenvalue weighted by molar-refractivity contribution is -0.114. The summed E-state index contributed by atoms with van der Waals surface area (Å²) < 4.78 is 5.97. The van der Waals surface area contributed by atoms with Gasteiger partial charge in [0.25, 0.3) is 0 Å². The Morgan fingerprint density at radius 2 is 1.82 bits per heavy atom. The molecule has 0 aliphatic carbocycles. The molecule has 2 aromatic rings. The maximum atomic E-state index is 12.2. The molecule has 5 heteroatoms. The fourth-order valence-corrected chi connectivity index (χ4v) is 3.67. The normalized spacial score (nSPS) is 16.8. The number of nitrogens with zero attached hydrogens (tertiary/aromatic N) is 1. The summed E-state index contributed by atoms with van der Waals surface area (Å²) in [5.74, 6) is 0.838. The number of carbonyl (C=O) groups is 1. The predicted octanol–water partition coefficient (Wildman–Crippen LogP) is 4.61. The highest BCUT2D eigenvalue weighted by Crippen LogP contribution is 2.31. The molecular formula is C23H26N2O2S. The average molecular weight is 395 g/mol. The van der Waals surface area contributed by atoms with E-state index in [-0.39, 0.29) is 11.8 Å². The predicted molar refractivity (Wildman–Crippen MR) is 116 cm³/mol. The number of hydrogen-bond donors (Lipinski definition) is 1. The van der Waals surface area contributed by atoms with Crippen LogP contribution in [0.1, 0.15) is 42.1 Å². The second-order valence-electron chi connectivity index (χ2n) is 7.28. The number of allylic oxidation sites excluding steroid dienone is 1. The lowest BCUT2D eigenvalue weighted by Gasteiger charge is -2.35. The molecule has 1 aliphatic rings. The van der Waals surface area contributed by atoms with E-state index in [1.165, 1.54) is 16.7 Å². The molecule has 1 unspecified atom stereocenters. The summed E-state index contributed by atoms with van der Waals surface area (Å²) in [6, 6.07) is 14.0. The minimum absolute atomic E-state index is 0.0413. The minimum Gasteiger partial charge on any atom is -0.489 e. The molecular weight excluding hydrogens is 368 g/mol. The van der Waals surface area contributed by atoms with Crippen molar-refractivity contribution in [3.8, 4) is 5.75 Å². The molecule has 0 saturated heterocycles. The number of nitrogens with one attached hydrogen (secondary N) is 1. The molecule has 0 radical (unpaired) electrons. The second-order valence-corrected chi connectivity index (χ2v) is 7.67. The van der Waals surface area contributed by atoms with Crippen LogP contribution in [0.3, 0.4) is 0 Å². The quantitative estimate of drug-likeness (QED) is 0.750. The Morgan fingerprint density at radius 3 is 2.46 bits per heavy atom. The van der Waals surface area contributed by atoms with Crippen molar-refractivity contribution in [2.45, 2.75) is 40.3 Å². The summed E-state index contributed by atoms with van der Waals surface area (Å²) in [6.07, 6.45) is 0. The van der Waals surface area contributed by atoms with E-state index in [4.69, 9.17) is 17.0 Å². The van der Waals surface area contributed by atoms with Crippen LogP contribution in [0.25, 0.3) is 0 Å². The molecule has 146 valence electrons. The Hall–Kier alpha value is -2.66. The molecule has 3 rings (SSSR count). The van der Waals surface area contributed by atoms with Crippen molar-refractivity contribution in [1.29, 1.82) is 0 Å². The van der Waals surface area contributed by atoms with Gasteiger partial charge in [-0.05, 0) is 68.7 Å². The summed E-state index contributed by atoms with van der Waals surface area (Å²) in [6.45, 7) is 8.23. The average Bonchev–Trinajstić information content (AvgIpc) is 2.66. The molecule has 2 aromatic carbocycles. The van der Waals surface area contributed by atoms with Crippen LogP contribution in [-0.4, -0.2) is 22.8 Å². The topological polar surface area (TPSA) is 41.6 Å². The molecule has 0 fully saturated rings. The SMILES string of the molecule is CC(=O)C1=C(C)N(C)C(=S)NC1c1ccc(OCc2cc(C)ccc2C)cc1. The molecule has 4 nitrogen and oxygen atoms in total. The maximum absolute atomic E-state index is 12.2. The van der Waals surface area contributed by atoms with Crippen molar-refractivity contribution >= 4 is 23.1 Å². The molecule has 1 aliphatic heterocycles. The highest BCUT2D eigenvalue weighted by atomic mass is 32.1. The molecule has 0 aromatic heterocycles. The van der Waals surface area contributed by atoms with E-state index in [1.807, 2.05) is 43.1 Å². The summed E-state index contributed by atoms with van der Waals surface area (Å²) in [4.78, 5) is 14.1. The molecule has 1 N–H and O–H groups in total. The van der Waals surface area contributed by atoms with Crippen molar-refractivity contribution in [3.63, 3.8) is 0 Å². The third kappa shape index (κ3) is 4.09. The standard InChI is InChI=1S/C23H26N2O2S/c1-14-6-7-15(2)19(12-14)13-27-20-10-8-18(9-11-20)22-21(17(4)26)16(3)25(5)23(28)24-22/h6-12,22H,13H2,1-5H3,(H,24,28). The van der Waals surface area contributed by atoms with Crippen LogP contribution < -0.4 is 10.1 Å². The van der Waals surface area contributed by atoms with E-state index in [0.29, 0.717) is 11.7 Å². The first-order chi connectivity index (χ1) is 13.3. The summed E-state index contributed by atoms with van der Waals surface area (Å²) in [7, 11) is 1.87. The van der Waals surface area contributed by atoms with Gasteiger partial charge in [-0.25, -0.2) is 0 Å². The number of thiocarbonyl (C=S) groups is 1. The minimum atomic E-state index is -0.241. The van der Waals surface area contributed by atoms with Gasteiger partial charge in [0.15, 0.2) is 10.9 Å². The van der Waals surface area contributed by atoms with E-state index in [9.17, 15) is 4.79 Å². The molecule has 0 amide bonds. The van der Waals surface area contributed by atoms with Crippen LogP contribution in [0.5, 0.6) is 5.75 Å². The number of benzene rings is 2.